The first kappa shape index (κ1) is 22.2. The Bertz CT molecular complexity index is 1170. The molecule has 0 radical (unpaired) electrons. The van der Waals surface area contributed by atoms with Crippen LogP contribution in [0.4, 0.5) is 10.8 Å². The molecule has 0 fully saturated rings. The van der Waals surface area contributed by atoms with Crippen molar-refractivity contribution in [2.24, 2.45) is 0 Å². The number of amides is 2. The van der Waals surface area contributed by atoms with Crippen molar-refractivity contribution in [3.05, 3.63) is 46.1 Å². The Balaban J connectivity index is 1.54. The highest BCUT2D eigenvalue weighted by atomic mass is 32.1. The fraction of sp³-hybridized carbons (Fsp3) is 0.391. The van der Waals surface area contributed by atoms with Gasteiger partial charge in [-0.05, 0) is 44.9 Å². The monoisotopic (exact) mass is 453 g/mol. The van der Waals surface area contributed by atoms with Gasteiger partial charge in [0.2, 0.25) is 5.91 Å². The number of anilines is 2. The van der Waals surface area contributed by atoms with Crippen LogP contribution in [-0.2, 0) is 22.5 Å². The van der Waals surface area contributed by atoms with Crippen molar-refractivity contribution in [3.63, 3.8) is 0 Å². The topological polar surface area (TPSA) is 89.3 Å². The Morgan fingerprint density at radius 2 is 2.09 bits per heavy atom. The van der Waals surface area contributed by atoms with E-state index in [0.717, 1.165) is 28.2 Å². The number of nitrogens with zero attached hydrogens (tertiary/aromatic N) is 4. The molecule has 1 aromatic carbocycles. The number of aromatic nitrogens is 3. The number of rotatable bonds is 7. The Hall–Kier alpha value is -3.04. The molecule has 0 aliphatic carbocycles. The normalized spacial score (nSPS) is 13.4. The van der Waals surface area contributed by atoms with Crippen molar-refractivity contribution in [1.29, 1.82) is 0 Å². The molecule has 2 aromatic heterocycles. The minimum atomic E-state index is -0.196. The minimum absolute atomic E-state index is 0.123. The number of thiazole rings is 1. The second-order valence-corrected chi connectivity index (χ2v) is 8.59. The third kappa shape index (κ3) is 4.18. The van der Waals surface area contributed by atoms with Gasteiger partial charge in [-0.1, -0.05) is 6.07 Å². The lowest BCUT2D eigenvalue weighted by Crippen LogP contribution is -2.37. The van der Waals surface area contributed by atoms with Gasteiger partial charge in [-0.25, -0.2) is 4.98 Å². The van der Waals surface area contributed by atoms with Crippen LogP contribution in [0, 0.1) is 13.8 Å². The van der Waals surface area contributed by atoms with Crippen molar-refractivity contribution >= 4 is 34.0 Å². The van der Waals surface area contributed by atoms with E-state index in [4.69, 9.17) is 4.74 Å². The molecule has 32 heavy (non-hydrogen) atoms. The van der Waals surface area contributed by atoms with Gasteiger partial charge in [0.1, 0.15) is 0 Å². The van der Waals surface area contributed by atoms with Gasteiger partial charge in [0.15, 0.2) is 5.13 Å². The number of benzene rings is 1. The van der Waals surface area contributed by atoms with E-state index in [0.29, 0.717) is 48.9 Å². The zero-order valence-corrected chi connectivity index (χ0v) is 19.6. The SMILES string of the molecule is CCn1nc(C)c(C(=O)Nc2nc(-c3ccc4c(c3)CCC(=O)N4CCOC)cs2)c1C. The first-order valence-electron chi connectivity index (χ1n) is 10.7. The fourth-order valence-corrected chi connectivity index (χ4v) is 4.82. The van der Waals surface area contributed by atoms with Gasteiger partial charge in [0.25, 0.3) is 5.91 Å². The van der Waals surface area contributed by atoms with Crippen LogP contribution in [-0.4, -0.2) is 46.8 Å². The van der Waals surface area contributed by atoms with Crippen LogP contribution >= 0.6 is 11.3 Å². The number of hydrogen-bond acceptors (Lipinski definition) is 6. The summed E-state index contributed by atoms with van der Waals surface area (Å²) in [5.74, 6) is -0.0729. The van der Waals surface area contributed by atoms with Gasteiger partial charge in [-0.2, -0.15) is 5.10 Å². The lowest BCUT2D eigenvalue weighted by atomic mass is 9.98. The van der Waals surface area contributed by atoms with E-state index in [9.17, 15) is 9.59 Å². The maximum atomic E-state index is 12.8. The lowest BCUT2D eigenvalue weighted by molar-refractivity contribution is -0.119. The quantitative estimate of drug-likeness (QED) is 0.587. The van der Waals surface area contributed by atoms with Crippen molar-refractivity contribution in [2.45, 2.75) is 40.2 Å². The number of carbonyl (C=O) groups excluding carboxylic acids is 2. The molecule has 0 spiro atoms. The average molecular weight is 454 g/mol. The molecule has 3 aromatic rings. The van der Waals surface area contributed by atoms with E-state index in [-0.39, 0.29) is 11.8 Å². The molecule has 1 N–H and O–H groups in total. The van der Waals surface area contributed by atoms with Crippen LogP contribution in [0.3, 0.4) is 0 Å². The molecule has 168 valence electrons. The molecule has 2 amide bonds. The molecule has 8 nitrogen and oxygen atoms in total. The summed E-state index contributed by atoms with van der Waals surface area (Å²) in [6, 6.07) is 6.03. The number of fused-ring (bicyclic) bond motifs is 1. The molecule has 0 atom stereocenters. The summed E-state index contributed by atoms with van der Waals surface area (Å²) >= 11 is 1.39. The predicted molar refractivity (Wildman–Crippen MR) is 125 cm³/mol. The minimum Gasteiger partial charge on any atom is -0.383 e. The van der Waals surface area contributed by atoms with Gasteiger partial charge in [0, 0.05) is 48.9 Å². The second-order valence-electron chi connectivity index (χ2n) is 7.74. The molecule has 1 aliphatic heterocycles. The van der Waals surface area contributed by atoms with Crippen LogP contribution in [0.1, 0.15) is 40.7 Å². The summed E-state index contributed by atoms with van der Waals surface area (Å²) in [4.78, 5) is 31.6. The first-order chi connectivity index (χ1) is 15.4. The van der Waals surface area contributed by atoms with Crippen molar-refractivity contribution in [2.75, 3.05) is 30.5 Å². The number of methoxy groups -OCH3 is 1. The zero-order chi connectivity index (χ0) is 22.8. The largest absolute Gasteiger partial charge is 0.383 e. The summed E-state index contributed by atoms with van der Waals surface area (Å²) in [6.07, 6.45) is 1.20. The van der Waals surface area contributed by atoms with E-state index in [1.54, 1.807) is 12.0 Å². The van der Waals surface area contributed by atoms with Crippen molar-refractivity contribution in [1.82, 2.24) is 14.8 Å². The van der Waals surface area contributed by atoms with Crippen LogP contribution in [0.2, 0.25) is 0 Å². The Kier molecular flexibility index (Phi) is 6.38. The molecule has 0 unspecified atom stereocenters. The number of carbonyl (C=O) groups is 2. The van der Waals surface area contributed by atoms with Crippen molar-refractivity contribution in [3.8, 4) is 11.3 Å². The number of aryl methyl sites for hydroxylation is 3. The molecule has 1 aliphatic rings. The molecule has 0 saturated carbocycles. The molecule has 4 rings (SSSR count). The molecular formula is C23H27N5O3S. The first-order valence-corrected chi connectivity index (χ1v) is 11.5. The van der Waals surface area contributed by atoms with E-state index in [1.165, 1.54) is 11.3 Å². The lowest BCUT2D eigenvalue weighted by Gasteiger charge is -2.29. The molecule has 0 saturated heterocycles. The van der Waals surface area contributed by atoms with Gasteiger partial charge in [-0.3, -0.25) is 19.6 Å². The molecule has 3 heterocycles. The second kappa shape index (κ2) is 9.22. The van der Waals surface area contributed by atoms with E-state index in [2.05, 4.69) is 21.5 Å². The van der Waals surface area contributed by atoms with Gasteiger partial charge >= 0.3 is 0 Å². The van der Waals surface area contributed by atoms with Crippen LogP contribution in [0.25, 0.3) is 11.3 Å². The highest BCUT2D eigenvalue weighted by Gasteiger charge is 2.24. The third-order valence-corrected chi connectivity index (χ3v) is 6.48. The standard InChI is InChI=1S/C23H27N5O3S/c1-5-28-15(3)21(14(2)26-28)22(30)25-23-24-18(13-32-23)16-6-8-19-17(12-16)7-9-20(29)27(19)10-11-31-4/h6,8,12-13H,5,7,9-11H2,1-4H3,(H,24,25,30). The van der Waals surface area contributed by atoms with Crippen LogP contribution in [0.5, 0.6) is 0 Å². The molecule has 9 heteroatoms. The summed E-state index contributed by atoms with van der Waals surface area (Å²) in [7, 11) is 1.63. The number of hydrogen-bond donors (Lipinski definition) is 1. The average Bonchev–Trinajstić information content (AvgIpc) is 3.36. The van der Waals surface area contributed by atoms with E-state index >= 15 is 0 Å². The smallest absolute Gasteiger partial charge is 0.261 e. The highest BCUT2D eigenvalue weighted by molar-refractivity contribution is 7.14. The maximum Gasteiger partial charge on any atom is 0.261 e. The molecular weight excluding hydrogens is 426 g/mol. The Morgan fingerprint density at radius 1 is 1.28 bits per heavy atom. The fourth-order valence-electron chi connectivity index (χ4n) is 4.10. The molecule has 0 bridgehead atoms. The van der Waals surface area contributed by atoms with E-state index < -0.39 is 0 Å². The summed E-state index contributed by atoms with van der Waals surface area (Å²) in [6.45, 7) is 7.50. The Morgan fingerprint density at radius 3 is 2.81 bits per heavy atom. The number of nitrogens with one attached hydrogen (secondary N) is 1. The van der Waals surface area contributed by atoms with Crippen molar-refractivity contribution < 1.29 is 14.3 Å². The number of ether oxygens (including phenoxy) is 1. The zero-order valence-electron chi connectivity index (χ0n) is 18.8. The maximum absolute atomic E-state index is 12.8. The summed E-state index contributed by atoms with van der Waals surface area (Å²) in [5, 5.41) is 9.81. The van der Waals surface area contributed by atoms with Gasteiger partial charge in [-0.15, -0.1) is 11.3 Å². The van der Waals surface area contributed by atoms with Crippen LogP contribution < -0.4 is 10.2 Å². The Labute approximate surface area is 191 Å². The van der Waals surface area contributed by atoms with Gasteiger partial charge in [0.05, 0.1) is 23.6 Å². The summed E-state index contributed by atoms with van der Waals surface area (Å²) < 4.78 is 6.97. The van der Waals surface area contributed by atoms with Gasteiger partial charge < -0.3 is 9.64 Å². The van der Waals surface area contributed by atoms with Crippen LogP contribution in [0.15, 0.2) is 23.6 Å². The highest BCUT2D eigenvalue weighted by Crippen LogP contribution is 2.33. The predicted octanol–water partition coefficient (Wildman–Crippen LogP) is 3.82. The third-order valence-electron chi connectivity index (χ3n) is 5.73. The summed E-state index contributed by atoms with van der Waals surface area (Å²) in [5.41, 5.74) is 5.97. The van der Waals surface area contributed by atoms with E-state index in [1.807, 2.05) is 43.0 Å².